The number of hydrogen-bond donors (Lipinski definition) is 2. The van der Waals surface area contributed by atoms with Gasteiger partial charge >= 0.3 is 0 Å². The highest BCUT2D eigenvalue weighted by Gasteiger charge is 2.25. The van der Waals surface area contributed by atoms with E-state index in [1.807, 2.05) is 0 Å². The molecule has 1 amide bonds. The molecule has 2 N–H and O–H groups in total. The molecular formula is C25H16F2N4O4. The third-order valence-corrected chi connectivity index (χ3v) is 5.31. The van der Waals surface area contributed by atoms with Crippen LogP contribution < -0.4 is 20.9 Å². The summed E-state index contributed by atoms with van der Waals surface area (Å²) in [5, 5.41) is 5.32. The molecule has 10 heteroatoms. The maximum absolute atomic E-state index is 14.7. The van der Waals surface area contributed by atoms with E-state index in [9.17, 15) is 23.2 Å². The van der Waals surface area contributed by atoms with E-state index in [1.54, 1.807) is 0 Å². The van der Waals surface area contributed by atoms with Gasteiger partial charge in [-0.3, -0.25) is 19.0 Å². The van der Waals surface area contributed by atoms with Crippen molar-refractivity contribution in [3.05, 3.63) is 106 Å². The molecular weight excluding hydrogens is 458 g/mol. The smallest absolute Gasteiger partial charge is 0.267 e. The number of aromatic nitrogens is 2. The normalized spacial score (nSPS) is 12.1. The predicted octanol–water partition coefficient (Wildman–Crippen LogP) is 4.16. The van der Waals surface area contributed by atoms with Crippen LogP contribution in [0.25, 0.3) is 5.69 Å². The quantitative estimate of drug-likeness (QED) is 0.450. The third kappa shape index (κ3) is 4.24. The SMILES string of the molecule is O=C1CNc2nccc(Oc3ccc(NC(=O)c4cccn(-c5ccc(F)cc5)c4=O)cc3F)c21. The number of pyridine rings is 2. The van der Waals surface area contributed by atoms with E-state index < -0.39 is 23.1 Å². The monoisotopic (exact) mass is 474 g/mol. The van der Waals surface area contributed by atoms with Gasteiger partial charge in [-0.25, -0.2) is 13.8 Å². The Morgan fingerprint density at radius 1 is 1.03 bits per heavy atom. The van der Waals surface area contributed by atoms with Gasteiger partial charge in [0.15, 0.2) is 17.3 Å². The molecule has 5 rings (SSSR count). The summed E-state index contributed by atoms with van der Waals surface area (Å²) in [6.45, 7) is 0.0819. The number of hydrogen-bond acceptors (Lipinski definition) is 6. The number of ether oxygens (including phenoxy) is 1. The first-order valence-electron chi connectivity index (χ1n) is 10.4. The summed E-state index contributed by atoms with van der Waals surface area (Å²) in [6, 6.07) is 13.3. The van der Waals surface area contributed by atoms with Crippen LogP contribution in [0.3, 0.4) is 0 Å². The average Bonchev–Trinajstić information content (AvgIpc) is 3.23. The van der Waals surface area contributed by atoms with Gasteiger partial charge in [0.05, 0.1) is 6.54 Å². The predicted molar refractivity (Wildman–Crippen MR) is 123 cm³/mol. The molecule has 0 unspecified atom stereocenters. The Bertz CT molecular complexity index is 1530. The fourth-order valence-electron chi connectivity index (χ4n) is 3.64. The van der Waals surface area contributed by atoms with Crippen LogP contribution in [0, 0.1) is 11.6 Å². The lowest BCUT2D eigenvalue weighted by Gasteiger charge is -2.12. The van der Waals surface area contributed by atoms with E-state index in [1.165, 1.54) is 71.6 Å². The number of ketones is 1. The first kappa shape index (κ1) is 22.0. The zero-order valence-corrected chi connectivity index (χ0v) is 17.9. The molecule has 174 valence electrons. The van der Waals surface area contributed by atoms with E-state index in [0.29, 0.717) is 11.5 Å². The first-order valence-corrected chi connectivity index (χ1v) is 10.4. The molecule has 4 aromatic rings. The second-order valence-electron chi connectivity index (χ2n) is 7.58. The van der Waals surface area contributed by atoms with Gasteiger partial charge in [0, 0.05) is 35.9 Å². The number of carbonyl (C=O) groups is 2. The topological polar surface area (TPSA) is 102 Å². The minimum absolute atomic E-state index is 0.0819. The third-order valence-electron chi connectivity index (χ3n) is 5.31. The molecule has 0 atom stereocenters. The van der Waals surface area contributed by atoms with Crippen LogP contribution in [-0.4, -0.2) is 27.8 Å². The molecule has 0 saturated heterocycles. The number of benzene rings is 2. The zero-order valence-electron chi connectivity index (χ0n) is 17.9. The van der Waals surface area contributed by atoms with Crippen molar-refractivity contribution < 1.29 is 23.1 Å². The zero-order chi connectivity index (χ0) is 24.5. The Hall–Kier alpha value is -4.86. The molecule has 8 nitrogen and oxygen atoms in total. The van der Waals surface area contributed by atoms with Crippen LogP contribution in [0.1, 0.15) is 20.7 Å². The summed E-state index contributed by atoms with van der Waals surface area (Å²) in [7, 11) is 0. The fourth-order valence-corrected chi connectivity index (χ4v) is 3.64. The summed E-state index contributed by atoms with van der Waals surface area (Å²) < 4.78 is 34.7. The minimum atomic E-state index is -0.788. The van der Waals surface area contributed by atoms with Crippen molar-refractivity contribution in [2.75, 3.05) is 17.2 Å². The van der Waals surface area contributed by atoms with E-state index in [4.69, 9.17) is 4.74 Å². The molecule has 0 spiro atoms. The number of fused-ring (bicyclic) bond motifs is 1. The summed E-state index contributed by atoms with van der Waals surface area (Å²) in [4.78, 5) is 41.7. The van der Waals surface area contributed by atoms with Crippen molar-refractivity contribution in [1.82, 2.24) is 9.55 Å². The maximum atomic E-state index is 14.7. The molecule has 0 saturated carbocycles. The van der Waals surface area contributed by atoms with Crippen LogP contribution in [-0.2, 0) is 0 Å². The number of Topliss-reactive ketones (excluding diaryl/α,β-unsaturated/α-hetero) is 1. The lowest BCUT2D eigenvalue weighted by atomic mass is 10.2. The molecule has 0 fully saturated rings. The highest BCUT2D eigenvalue weighted by molar-refractivity contribution is 6.09. The van der Waals surface area contributed by atoms with Crippen molar-refractivity contribution in [3.8, 4) is 17.2 Å². The number of rotatable bonds is 5. The largest absolute Gasteiger partial charge is 0.453 e. The Labute approximate surface area is 196 Å². The molecule has 0 radical (unpaired) electrons. The van der Waals surface area contributed by atoms with Crippen LogP contribution in [0.15, 0.2) is 77.9 Å². The summed E-state index contributed by atoms with van der Waals surface area (Å²) in [5.74, 6) is -1.85. The number of halogens is 2. The van der Waals surface area contributed by atoms with E-state index >= 15 is 0 Å². The van der Waals surface area contributed by atoms with Gasteiger partial charge in [0.2, 0.25) is 0 Å². The molecule has 1 aliphatic rings. The van der Waals surface area contributed by atoms with Gasteiger partial charge in [0.25, 0.3) is 11.5 Å². The van der Waals surface area contributed by atoms with Gasteiger partial charge < -0.3 is 15.4 Å². The highest BCUT2D eigenvalue weighted by Crippen LogP contribution is 2.34. The van der Waals surface area contributed by atoms with Gasteiger partial charge in [-0.05, 0) is 48.5 Å². The van der Waals surface area contributed by atoms with Crippen LogP contribution >= 0.6 is 0 Å². The molecule has 2 aromatic carbocycles. The fraction of sp³-hybridized carbons (Fsp3) is 0.0400. The Morgan fingerprint density at radius 3 is 2.60 bits per heavy atom. The molecule has 1 aliphatic heterocycles. The Morgan fingerprint density at radius 2 is 1.83 bits per heavy atom. The maximum Gasteiger partial charge on any atom is 0.267 e. The molecule has 0 bridgehead atoms. The molecule has 0 aliphatic carbocycles. The number of nitrogens with one attached hydrogen (secondary N) is 2. The number of anilines is 2. The average molecular weight is 474 g/mol. The Kier molecular flexibility index (Phi) is 5.54. The summed E-state index contributed by atoms with van der Waals surface area (Å²) in [5.41, 5.74) is -0.0902. The van der Waals surface area contributed by atoms with Crippen LogP contribution in [0.5, 0.6) is 11.5 Å². The number of carbonyl (C=O) groups excluding carboxylic acids is 2. The molecule has 2 aromatic heterocycles. The highest BCUT2D eigenvalue weighted by atomic mass is 19.1. The van der Waals surface area contributed by atoms with Crippen molar-refractivity contribution in [1.29, 1.82) is 0 Å². The molecule has 3 heterocycles. The van der Waals surface area contributed by atoms with Gasteiger partial charge in [-0.1, -0.05) is 0 Å². The van der Waals surface area contributed by atoms with E-state index in [0.717, 1.165) is 6.07 Å². The van der Waals surface area contributed by atoms with Crippen molar-refractivity contribution in [3.63, 3.8) is 0 Å². The van der Waals surface area contributed by atoms with Gasteiger partial charge in [0.1, 0.15) is 28.5 Å². The molecule has 35 heavy (non-hydrogen) atoms. The summed E-state index contributed by atoms with van der Waals surface area (Å²) in [6.07, 6.45) is 2.89. The van der Waals surface area contributed by atoms with Crippen molar-refractivity contribution in [2.24, 2.45) is 0 Å². The lowest BCUT2D eigenvalue weighted by Crippen LogP contribution is -2.27. The summed E-state index contributed by atoms with van der Waals surface area (Å²) >= 11 is 0. The first-order chi connectivity index (χ1) is 16.9. The van der Waals surface area contributed by atoms with E-state index in [-0.39, 0.29) is 40.6 Å². The van der Waals surface area contributed by atoms with E-state index in [2.05, 4.69) is 15.6 Å². The van der Waals surface area contributed by atoms with Crippen LogP contribution in [0.4, 0.5) is 20.3 Å². The standard InChI is InChI=1S/C25H16F2N4O4/c26-14-3-6-16(7-4-14)31-11-1-2-17(25(31)34)24(33)30-15-5-8-20(18(27)12-15)35-21-9-10-28-23-22(21)19(32)13-29-23/h1-12H,13H2,(H,28,29)(H,30,33). The second kappa shape index (κ2) is 8.82. The lowest BCUT2D eigenvalue weighted by molar-refractivity contribution is 0.101. The minimum Gasteiger partial charge on any atom is -0.453 e. The number of nitrogens with zero attached hydrogens (tertiary/aromatic N) is 2. The van der Waals surface area contributed by atoms with Crippen molar-refractivity contribution in [2.45, 2.75) is 0 Å². The van der Waals surface area contributed by atoms with Gasteiger partial charge in [-0.2, -0.15) is 0 Å². The van der Waals surface area contributed by atoms with Gasteiger partial charge in [-0.15, -0.1) is 0 Å². The van der Waals surface area contributed by atoms with Crippen molar-refractivity contribution >= 4 is 23.2 Å². The number of amides is 1. The second-order valence-corrected chi connectivity index (χ2v) is 7.58. The Balaban J connectivity index is 1.36. The van der Waals surface area contributed by atoms with Crippen LogP contribution in [0.2, 0.25) is 0 Å².